The minimum atomic E-state index is -0.147. The van der Waals surface area contributed by atoms with Crippen molar-refractivity contribution in [1.29, 1.82) is 0 Å². The Hall–Kier alpha value is -3.26. The fourth-order valence-electron chi connectivity index (χ4n) is 7.35. The van der Waals surface area contributed by atoms with E-state index in [9.17, 15) is 5.11 Å². The summed E-state index contributed by atoms with van der Waals surface area (Å²) < 4.78 is 6.56. The zero-order valence-corrected chi connectivity index (χ0v) is 37.8. The summed E-state index contributed by atoms with van der Waals surface area (Å²) in [6.07, 6.45) is 39.7. The smallest absolute Gasteiger partial charge is 0.126 e. The number of phenols is 1. The Morgan fingerprint density at radius 1 is 0.527 bits per heavy atom. The van der Waals surface area contributed by atoms with Gasteiger partial charge in [0.2, 0.25) is 0 Å². The molecule has 55 heavy (non-hydrogen) atoms. The fraction of sp³-hybridized carbons (Fsp3) is 0.585. The summed E-state index contributed by atoms with van der Waals surface area (Å²) in [4.78, 5) is 0. The SMILES string of the molecule is CC(C)=CCCC(C)=CCCC(C)=CCCC(C)=CCCC(C)=CCCC(C)=CCCC(C)=CCCC(C)=CCC[C@]1(C)CCc2cc(O)c(C)c(C)c2O1. The van der Waals surface area contributed by atoms with Gasteiger partial charge in [0.1, 0.15) is 17.1 Å². The van der Waals surface area contributed by atoms with Crippen LogP contribution >= 0.6 is 0 Å². The van der Waals surface area contributed by atoms with Crippen molar-refractivity contribution in [3.05, 3.63) is 116 Å². The Kier molecular flexibility index (Phi) is 22.5. The van der Waals surface area contributed by atoms with E-state index in [1.165, 1.54) is 76.7 Å². The van der Waals surface area contributed by atoms with Crippen molar-refractivity contribution < 1.29 is 9.84 Å². The number of aryl methyl sites for hydroxylation is 1. The molecule has 1 atom stereocenters. The van der Waals surface area contributed by atoms with E-state index in [1.807, 2.05) is 13.0 Å². The van der Waals surface area contributed by atoms with E-state index in [0.717, 1.165) is 106 Å². The molecule has 306 valence electrons. The molecule has 1 aliphatic heterocycles. The second-order valence-corrected chi connectivity index (χ2v) is 17.6. The van der Waals surface area contributed by atoms with Crippen LogP contribution in [0.2, 0.25) is 0 Å². The molecule has 0 fully saturated rings. The van der Waals surface area contributed by atoms with E-state index in [-0.39, 0.29) is 5.60 Å². The first kappa shape index (κ1) is 47.9. The van der Waals surface area contributed by atoms with E-state index in [0.29, 0.717) is 5.75 Å². The number of rotatable bonds is 24. The van der Waals surface area contributed by atoms with E-state index < -0.39 is 0 Å². The van der Waals surface area contributed by atoms with Crippen LogP contribution in [0.25, 0.3) is 0 Å². The van der Waals surface area contributed by atoms with E-state index >= 15 is 0 Å². The van der Waals surface area contributed by atoms with Gasteiger partial charge in [-0.1, -0.05) is 93.2 Å². The largest absolute Gasteiger partial charge is 0.508 e. The lowest BCUT2D eigenvalue weighted by Crippen LogP contribution is -2.36. The molecule has 1 aliphatic rings. The van der Waals surface area contributed by atoms with Gasteiger partial charge >= 0.3 is 0 Å². The van der Waals surface area contributed by atoms with Crippen molar-refractivity contribution in [2.45, 2.75) is 204 Å². The van der Waals surface area contributed by atoms with Gasteiger partial charge in [0.05, 0.1) is 0 Å². The number of benzene rings is 1. The quantitative estimate of drug-likeness (QED) is 0.107. The van der Waals surface area contributed by atoms with Gasteiger partial charge in [-0.2, -0.15) is 0 Å². The lowest BCUT2D eigenvalue weighted by Gasteiger charge is -2.37. The summed E-state index contributed by atoms with van der Waals surface area (Å²) in [7, 11) is 0. The fourth-order valence-corrected chi connectivity index (χ4v) is 7.35. The Morgan fingerprint density at radius 2 is 0.855 bits per heavy atom. The zero-order valence-electron chi connectivity index (χ0n) is 37.8. The highest BCUT2D eigenvalue weighted by Gasteiger charge is 2.32. The van der Waals surface area contributed by atoms with Crippen LogP contribution in [-0.2, 0) is 6.42 Å². The first-order chi connectivity index (χ1) is 26.1. The summed E-state index contributed by atoms with van der Waals surface area (Å²) in [6.45, 7) is 26.7. The van der Waals surface area contributed by atoms with E-state index in [1.54, 1.807) is 0 Å². The molecule has 2 nitrogen and oxygen atoms in total. The summed E-state index contributed by atoms with van der Waals surface area (Å²) in [5.41, 5.74) is 15.0. The van der Waals surface area contributed by atoms with Crippen LogP contribution in [0.4, 0.5) is 0 Å². The molecule has 1 heterocycles. The molecule has 0 spiro atoms. The number of fused-ring (bicyclic) bond motifs is 1. The van der Waals surface area contributed by atoms with Crippen molar-refractivity contribution in [2.75, 3.05) is 0 Å². The van der Waals surface area contributed by atoms with Gasteiger partial charge in [-0.25, -0.2) is 0 Å². The van der Waals surface area contributed by atoms with Crippen LogP contribution in [0.5, 0.6) is 11.5 Å². The highest BCUT2D eigenvalue weighted by molar-refractivity contribution is 5.53. The predicted octanol–water partition coefficient (Wildman–Crippen LogP) is 16.9. The highest BCUT2D eigenvalue weighted by atomic mass is 16.5. The molecule has 2 rings (SSSR count). The molecule has 0 aromatic heterocycles. The summed E-state index contributed by atoms with van der Waals surface area (Å²) in [5.74, 6) is 1.38. The maximum Gasteiger partial charge on any atom is 0.126 e. The maximum atomic E-state index is 10.2. The zero-order chi connectivity index (χ0) is 40.8. The van der Waals surface area contributed by atoms with Gasteiger partial charge < -0.3 is 9.84 Å². The van der Waals surface area contributed by atoms with E-state index in [2.05, 4.69) is 125 Å². The van der Waals surface area contributed by atoms with Gasteiger partial charge in [0.15, 0.2) is 0 Å². The summed E-state index contributed by atoms with van der Waals surface area (Å²) >= 11 is 0. The van der Waals surface area contributed by atoms with Crippen LogP contribution in [0, 0.1) is 13.8 Å². The maximum absolute atomic E-state index is 10.2. The molecule has 1 aromatic rings. The molecule has 0 saturated carbocycles. The van der Waals surface area contributed by atoms with Gasteiger partial charge in [0, 0.05) is 0 Å². The standard InChI is InChI=1S/C53H82O2/c1-40(2)21-13-22-41(3)23-14-24-42(4)25-15-26-43(5)27-16-28-44(6)29-17-30-45(7)31-18-32-46(8)33-19-34-47(9)35-20-37-53(12)38-36-50-39-51(54)48(10)49(11)52(50)55-53/h21,23,25,27,29,31,33,35,39,54H,13-20,22,24,26,28,30,32,34,36-38H2,1-12H3/t53-/m1/s1. The second kappa shape index (κ2) is 25.8. The molecule has 1 N–H and O–H groups in total. The number of phenolic OH excluding ortho intramolecular Hbond substituents is 1. The normalized spacial score (nSPS) is 17.7. The third kappa shape index (κ3) is 20.5. The summed E-state index contributed by atoms with van der Waals surface area (Å²) in [5, 5.41) is 10.2. The molecule has 0 radical (unpaired) electrons. The van der Waals surface area contributed by atoms with Crippen molar-refractivity contribution in [3.8, 4) is 11.5 Å². The van der Waals surface area contributed by atoms with Crippen LogP contribution in [0.15, 0.2) is 99.3 Å². The Morgan fingerprint density at radius 3 is 1.20 bits per heavy atom. The Labute approximate surface area is 340 Å². The lowest BCUT2D eigenvalue weighted by molar-refractivity contribution is 0.0560. The first-order valence-corrected chi connectivity index (χ1v) is 21.8. The Balaban J connectivity index is 1.60. The van der Waals surface area contributed by atoms with Crippen LogP contribution in [0.1, 0.15) is 195 Å². The first-order valence-electron chi connectivity index (χ1n) is 21.8. The molecular formula is C53H82O2. The topological polar surface area (TPSA) is 29.5 Å². The number of aromatic hydroxyl groups is 1. The van der Waals surface area contributed by atoms with Crippen molar-refractivity contribution >= 4 is 0 Å². The average molecular weight is 751 g/mol. The van der Waals surface area contributed by atoms with Crippen molar-refractivity contribution in [1.82, 2.24) is 0 Å². The van der Waals surface area contributed by atoms with Gasteiger partial charge in [0.25, 0.3) is 0 Å². The number of allylic oxidation sites excluding steroid dienone is 16. The molecule has 0 saturated heterocycles. The predicted molar refractivity (Wildman–Crippen MR) is 245 cm³/mol. The molecule has 1 aromatic carbocycles. The van der Waals surface area contributed by atoms with Crippen LogP contribution < -0.4 is 4.74 Å². The van der Waals surface area contributed by atoms with Crippen LogP contribution in [-0.4, -0.2) is 10.7 Å². The average Bonchev–Trinajstić information content (AvgIpc) is 3.11. The molecule has 2 heteroatoms. The molecule has 0 bridgehead atoms. The van der Waals surface area contributed by atoms with Crippen LogP contribution in [0.3, 0.4) is 0 Å². The highest BCUT2D eigenvalue weighted by Crippen LogP contribution is 2.41. The van der Waals surface area contributed by atoms with Crippen molar-refractivity contribution in [3.63, 3.8) is 0 Å². The molecule has 0 unspecified atom stereocenters. The van der Waals surface area contributed by atoms with Gasteiger partial charge in [-0.15, -0.1) is 0 Å². The number of ether oxygens (including phenoxy) is 1. The lowest BCUT2D eigenvalue weighted by atomic mass is 9.87. The summed E-state index contributed by atoms with van der Waals surface area (Å²) in [6, 6.07) is 1.90. The third-order valence-corrected chi connectivity index (χ3v) is 11.6. The number of hydrogen-bond acceptors (Lipinski definition) is 2. The monoisotopic (exact) mass is 751 g/mol. The molecule has 0 amide bonds. The van der Waals surface area contributed by atoms with E-state index in [4.69, 9.17) is 4.74 Å². The third-order valence-electron chi connectivity index (χ3n) is 11.6. The minimum absolute atomic E-state index is 0.147. The van der Waals surface area contributed by atoms with Gasteiger partial charge in [-0.3, -0.25) is 0 Å². The molecule has 0 aliphatic carbocycles. The van der Waals surface area contributed by atoms with Gasteiger partial charge in [-0.05, 0) is 221 Å². The number of hydrogen-bond donors (Lipinski definition) is 1. The Bertz CT molecular complexity index is 1590. The molecular weight excluding hydrogens is 669 g/mol. The minimum Gasteiger partial charge on any atom is -0.508 e. The van der Waals surface area contributed by atoms with Crippen molar-refractivity contribution in [2.24, 2.45) is 0 Å². The second-order valence-electron chi connectivity index (χ2n) is 17.6.